The molecule has 0 fully saturated rings. The Bertz CT molecular complexity index is 1420. The summed E-state index contributed by atoms with van der Waals surface area (Å²) in [6.07, 6.45) is 4.02. The molecule has 12 heteroatoms. The SMILES string of the molecule is Cc1ccnn1[C@H](c1cc(F)ccc1Cl)[C@@H](C)c1nc(C(=O)Nc2cnoc2)c(O)c(=O)n1C. The van der Waals surface area contributed by atoms with Gasteiger partial charge in [0.1, 0.15) is 23.6 Å². The lowest BCUT2D eigenvalue weighted by Crippen LogP contribution is -2.31. The summed E-state index contributed by atoms with van der Waals surface area (Å²) in [6, 6.07) is 5.06. The number of hydrogen-bond acceptors (Lipinski definition) is 7. The van der Waals surface area contributed by atoms with Crippen molar-refractivity contribution in [1.29, 1.82) is 0 Å². The van der Waals surface area contributed by atoms with Crippen LogP contribution in [0.3, 0.4) is 0 Å². The molecule has 0 aliphatic carbocycles. The van der Waals surface area contributed by atoms with Crippen molar-refractivity contribution < 1.29 is 18.8 Å². The summed E-state index contributed by atoms with van der Waals surface area (Å²) in [5, 5.41) is 21.0. The van der Waals surface area contributed by atoms with Crippen LogP contribution >= 0.6 is 11.6 Å². The van der Waals surface area contributed by atoms with Crippen LogP contribution in [0, 0.1) is 12.7 Å². The van der Waals surface area contributed by atoms with Gasteiger partial charge in [-0.25, -0.2) is 9.37 Å². The van der Waals surface area contributed by atoms with Crippen LogP contribution in [0.5, 0.6) is 5.75 Å². The van der Waals surface area contributed by atoms with Crippen molar-refractivity contribution in [3.8, 4) is 5.75 Å². The number of aryl methyl sites for hydroxylation is 1. The normalized spacial score (nSPS) is 13.0. The summed E-state index contributed by atoms with van der Waals surface area (Å²) in [4.78, 5) is 29.9. The molecule has 10 nitrogen and oxygen atoms in total. The van der Waals surface area contributed by atoms with Crippen LogP contribution in [0.2, 0.25) is 5.02 Å². The van der Waals surface area contributed by atoms with E-state index in [4.69, 9.17) is 11.6 Å². The molecule has 0 aliphatic rings. The van der Waals surface area contributed by atoms with Crippen LogP contribution in [-0.2, 0) is 7.05 Å². The van der Waals surface area contributed by atoms with Gasteiger partial charge in [-0.05, 0) is 36.8 Å². The number of benzene rings is 1. The van der Waals surface area contributed by atoms with Gasteiger partial charge in [0.15, 0.2) is 5.69 Å². The number of carbonyl (C=O) groups is 1. The van der Waals surface area contributed by atoms with Gasteiger partial charge >= 0.3 is 0 Å². The van der Waals surface area contributed by atoms with E-state index in [1.54, 1.807) is 23.9 Å². The van der Waals surface area contributed by atoms with Crippen molar-refractivity contribution in [3.05, 3.63) is 86.9 Å². The van der Waals surface area contributed by atoms with Gasteiger partial charge < -0.3 is 14.9 Å². The Morgan fingerprint density at radius 2 is 2.09 bits per heavy atom. The number of hydrogen-bond donors (Lipinski definition) is 2. The lowest BCUT2D eigenvalue weighted by Gasteiger charge is -2.28. The fraction of sp³-hybridized carbons (Fsp3) is 0.227. The number of amides is 1. The lowest BCUT2D eigenvalue weighted by molar-refractivity contribution is 0.101. The third-order valence-electron chi connectivity index (χ3n) is 5.50. The second-order valence-electron chi connectivity index (χ2n) is 7.72. The zero-order chi connectivity index (χ0) is 24.6. The van der Waals surface area contributed by atoms with Gasteiger partial charge in [-0.15, -0.1) is 0 Å². The van der Waals surface area contributed by atoms with Crippen LogP contribution in [0.4, 0.5) is 10.1 Å². The second kappa shape index (κ2) is 9.10. The number of aromatic nitrogens is 5. The summed E-state index contributed by atoms with van der Waals surface area (Å²) in [5.74, 6) is -2.63. The number of anilines is 1. The molecule has 0 saturated heterocycles. The number of aromatic hydroxyl groups is 1. The fourth-order valence-electron chi connectivity index (χ4n) is 3.80. The van der Waals surface area contributed by atoms with Gasteiger partial charge in [0.05, 0.1) is 12.2 Å². The van der Waals surface area contributed by atoms with E-state index in [9.17, 15) is 19.1 Å². The number of rotatable bonds is 6. The van der Waals surface area contributed by atoms with E-state index >= 15 is 0 Å². The highest BCUT2D eigenvalue weighted by atomic mass is 35.5. The number of nitrogens with zero attached hydrogens (tertiary/aromatic N) is 5. The highest BCUT2D eigenvalue weighted by Crippen LogP contribution is 2.37. The molecule has 0 radical (unpaired) electrons. The van der Waals surface area contributed by atoms with Crippen molar-refractivity contribution in [1.82, 2.24) is 24.5 Å². The molecule has 3 aromatic heterocycles. The Labute approximate surface area is 197 Å². The van der Waals surface area contributed by atoms with Crippen molar-refractivity contribution in [2.24, 2.45) is 7.05 Å². The van der Waals surface area contributed by atoms with Crippen molar-refractivity contribution >= 4 is 23.2 Å². The molecule has 3 heterocycles. The minimum absolute atomic E-state index is 0.151. The molecule has 1 aromatic carbocycles. The Balaban J connectivity index is 1.86. The summed E-state index contributed by atoms with van der Waals surface area (Å²) in [5.41, 5.74) is 0.0872. The molecule has 0 unspecified atom stereocenters. The second-order valence-corrected chi connectivity index (χ2v) is 8.12. The smallest absolute Gasteiger partial charge is 0.296 e. The highest BCUT2D eigenvalue weighted by Gasteiger charge is 2.32. The highest BCUT2D eigenvalue weighted by molar-refractivity contribution is 6.31. The van der Waals surface area contributed by atoms with Crippen molar-refractivity contribution in [2.75, 3.05) is 5.32 Å². The quantitative estimate of drug-likeness (QED) is 0.427. The first kappa shape index (κ1) is 23.2. The lowest BCUT2D eigenvalue weighted by atomic mass is 9.93. The van der Waals surface area contributed by atoms with E-state index in [0.29, 0.717) is 10.6 Å². The van der Waals surface area contributed by atoms with Gasteiger partial charge in [0.25, 0.3) is 11.5 Å². The van der Waals surface area contributed by atoms with Crippen LogP contribution in [0.15, 0.2) is 52.2 Å². The van der Waals surface area contributed by atoms with E-state index in [1.807, 2.05) is 6.92 Å². The van der Waals surface area contributed by atoms with Crippen LogP contribution in [0.25, 0.3) is 0 Å². The van der Waals surface area contributed by atoms with Gasteiger partial charge in [-0.2, -0.15) is 5.10 Å². The molecule has 176 valence electrons. The van der Waals surface area contributed by atoms with E-state index in [2.05, 4.69) is 25.1 Å². The standard InChI is InChI=1S/C22H20ClFN6O4/c1-11-6-7-25-30(11)18(15-8-13(24)4-5-16(15)23)12(2)20-28-17(19(31)22(33)29(20)3)21(32)27-14-9-26-34-10-14/h4-10,12,18,31H,1-3H3,(H,27,32)/t12-,18+/m1/s1. The predicted octanol–water partition coefficient (Wildman–Crippen LogP) is 3.42. The molecule has 34 heavy (non-hydrogen) atoms. The Kier molecular flexibility index (Phi) is 6.20. The minimum atomic E-state index is -0.831. The summed E-state index contributed by atoms with van der Waals surface area (Å²) in [7, 11) is 1.42. The summed E-state index contributed by atoms with van der Waals surface area (Å²) in [6.45, 7) is 3.56. The first-order valence-electron chi connectivity index (χ1n) is 10.1. The maximum atomic E-state index is 14.2. The largest absolute Gasteiger partial charge is 0.501 e. The molecule has 0 bridgehead atoms. The Morgan fingerprint density at radius 3 is 2.74 bits per heavy atom. The average molecular weight is 487 g/mol. The maximum absolute atomic E-state index is 14.2. The van der Waals surface area contributed by atoms with Crippen molar-refractivity contribution in [2.45, 2.75) is 25.8 Å². The third kappa shape index (κ3) is 4.17. The monoisotopic (exact) mass is 486 g/mol. The summed E-state index contributed by atoms with van der Waals surface area (Å²) < 4.78 is 21.7. The van der Waals surface area contributed by atoms with E-state index in [0.717, 1.165) is 10.3 Å². The fourth-order valence-corrected chi connectivity index (χ4v) is 4.03. The Hall–Kier alpha value is -3.99. The number of nitrogens with one attached hydrogen (secondary N) is 1. The van der Waals surface area contributed by atoms with Gasteiger partial charge in [0, 0.05) is 29.9 Å². The molecular weight excluding hydrogens is 467 g/mol. The number of halogens is 2. The van der Waals surface area contributed by atoms with Crippen molar-refractivity contribution in [3.63, 3.8) is 0 Å². The Morgan fingerprint density at radius 1 is 1.32 bits per heavy atom. The van der Waals surface area contributed by atoms with E-state index < -0.39 is 40.7 Å². The molecule has 0 spiro atoms. The van der Waals surface area contributed by atoms with Gasteiger partial charge in [-0.3, -0.25) is 18.8 Å². The number of carbonyl (C=O) groups excluding carboxylic acids is 1. The maximum Gasteiger partial charge on any atom is 0.296 e. The van der Waals surface area contributed by atoms with Gasteiger partial charge in [-0.1, -0.05) is 23.7 Å². The topological polar surface area (TPSA) is 128 Å². The first-order chi connectivity index (χ1) is 16.2. The van der Waals surface area contributed by atoms with Crippen LogP contribution < -0.4 is 10.9 Å². The molecule has 0 aliphatic heterocycles. The zero-order valence-electron chi connectivity index (χ0n) is 18.4. The van der Waals surface area contributed by atoms with E-state index in [1.165, 1.54) is 37.7 Å². The minimum Gasteiger partial charge on any atom is -0.501 e. The van der Waals surface area contributed by atoms with Crippen LogP contribution in [0.1, 0.15) is 46.5 Å². The molecule has 2 atom stereocenters. The molecule has 4 aromatic rings. The first-order valence-corrected chi connectivity index (χ1v) is 10.5. The van der Waals surface area contributed by atoms with Gasteiger partial charge in [0.2, 0.25) is 5.75 Å². The van der Waals surface area contributed by atoms with E-state index in [-0.39, 0.29) is 11.5 Å². The molecular formula is C22H20ClFN6O4. The predicted molar refractivity (Wildman–Crippen MR) is 121 cm³/mol. The molecule has 0 saturated carbocycles. The zero-order valence-corrected chi connectivity index (χ0v) is 19.1. The summed E-state index contributed by atoms with van der Waals surface area (Å²) >= 11 is 6.43. The molecule has 4 rings (SSSR count). The molecule has 1 amide bonds. The average Bonchev–Trinajstić information content (AvgIpc) is 3.46. The molecule has 2 N–H and O–H groups in total. The van der Waals surface area contributed by atoms with Crippen LogP contribution in [-0.4, -0.2) is 35.5 Å². The third-order valence-corrected chi connectivity index (χ3v) is 5.84.